The number of nitrogens with zero attached hydrogens (tertiary/aromatic N) is 1. The summed E-state index contributed by atoms with van der Waals surface area (Å²) >= 11 is 0. The topological polar surface area (TPSA) is 21.6 Å². The lowest BCUT2D eigenvalue weighted by Gasteiger charge is -2.11. The number of hydrogen-bond donors (Lipinski definition) is 0. The van der Waals surface area contributed by atoms with E-state index >= 15 is 0 Å². The van der Waals surface area contributed by atoms with Crippen molar-refractivity contribution in [2.75, 3.05) is 0 Å². The van der Waals surface area contributed by atoms with Crippen LogP contribution in [0.4, 0.5) is 17.6 Å². The fraction of sp³-hybridized carbons (Fsp3) is 0.133. The van der Waals surface area contributed by atoms with Crippen LogP contribution in [0.2, 0.25) is 0 Å². The van der Waals surface area contributed by atoms with Gasteiger partial charge in [0.15, 0.2) is 0 Å². The zero-order chi connectivity index (χ0) is 15.3. The second-order valence-corrected chi connectivity index (χ2v) is 4.18. The molecule has 2 rings (SSSR count). The first-order valence-electron chi connectivity index (χ1n) is 6.03. The van der Waals surface area contributed by atoms with Crippen LogP contribution in [0, 0.1) is 5.82 Å². The zero-order valence-corrected chi connectivity index (χ0v) is 10.8. The average Bonchev–Trinajstić information content (AvgIpc) is 2.45. The second-order valence-electron chi connectivity index (χ2n) is 4.18. The van der Waals surface area contributed by atoms with Crippen LogP contribution >= 0.6 is 0 Å². The number of rotatable bonds is 4. The molecule has 0 unspecified atom stereocenters. The van der Waals surface area contributed by atoms with E-state index in [2.05, 4.69) is 5.16 Å². The molecule has 0 spiro atoms. The normalized spacial score (nSPS) is 11.8. The van der Waals surface area contributed by atoms with Crippen molar-refractivity contribution in [3.8, 4) is 0 Å². The average molecular weight is 297 g/mol. The highest BCUT2D eigenvalue weighted by molar-refractivity contribution is 5.79. The molecule has 0 heterocycles. The maximum Gasteiger partial charge on any atom is 0.416 e. The van der Waals surface area contributed by atoms with Gasteiger partial charge < -0.3 is 4.84 Å². The summed E-state index contributed by atoms with van der Waals surface area (Å²) in [4.78, 5) is 4.82. The fourth-order valence-electron chi connectivity index (χ4n) is 1.70. The first kappa shape index (κ1) is 15.0. The highest BCUT2D eigenvalue weighted by Gasteiger charge is 2.32. The number of alkyl halides is 3. The van der Waals surface area contributed by atoms with Crippen LogP contribution < -0.4 is 0 Å². The molecule has 2 aromatic rings. The molecule has 0 amide bonds. The van der Waals surface area contributed by atoms with E-state index in [0.29, 0.717) is 0 Å². The standard InChI is InChI=1S/C15H11F4NO/c16-14-8-4-2-5-11(14)9-20-21-10-12-6-1-3-7-13(12)15(17,18)19/h1-9H,10H2. The molecular formula is C15H11F4NO. The Morgan fingerprint density at radius 2 is 1.67 bits per heavy atom. The van der Waals surface area contributed by atoms with Crippen LogP contribution in [0.5, 0.6) is 0 Å². The largest absolute Gasteiger partial charge is 0.416 e. The molecule has 0 aromatic heterocycles. The summed E-state index contributed by atoms with van der Waals surface area (Å²) in [5, 5.41) is 3.49. The van der Waals surface area contributed by atoms with Crippen molar-refractivity contribution in [2.45, 2.75) is 12.8 Å². The Morgan fingerprint density at radius 1 is 1.00 bits per heavy atom. The molecule has 110 valence electrons. The summed E-state index contributed by atoms with van der Waals surface area (Å²) in [5.41, 5.74) is -0.608. The van der Waals surface area contributed by atoms with Gasteiger partial charge in [0.1, 0.15) is 12.4 Å². The Labute approximate surface area is 118 Å². The molecule has 0 atom stereocenters. The van der Waals surface area contributed by atoms with Gasteiger partial charge in [-0.25, -0.2) is 4.39 Å². The van der Waals surface area contributed by atoms with E-state index in [1.807, 2.05) is 0 Å². The number of halogens is 4. The summed E-state index contributed by atoms with van der Waals surface area (Å²) in [7, 11) is 0. The molecule has 0 aliphatic rings. The Morgan fingerprint density at radius 3 is 2.38 bits per heavy atom. The Hall–Kier alpha value is -2.37. The van der Waals surface area contributed by atoms with E-state index in [9.17, 15) is 17.6 Å². The van der Waals surface area contributed by atoms with Gasteiger partial charge in [-0.15, -0.1) is 0 Å². The smallest absolute Gasteiger partial charge is 0.391 e. The molecule has 2 aromatic carbocycles. The Bertz CT molecular complexity index is 638. The Kier molecular flexibility index (Phi) is 4.57. The summed E-state index contributed by atoms with van der Waals surface area (Å²) in [6.45, 7) is -0.347. The molecule has 0 N–H and O–H groups in total. The second kappa shape index (κ2) is 6.39. The molecule has 0 aliphatic carbocycles. The molecule has 0 aliphatic heterocycles. The van der Waals surface area contributed by atoms with Gasteiger partial charge in [-0.05, 0) is 12.1 Å². The van der Waals surface area contributed by atoms with Crippen molar-refractivity contribution in [1.82, 2.24) is 0 Å². The summed E-state index contributed by atoms with van der Waals surface area (Å²) in [6, 6.07) is 10.9. The summed E-state index contributed by atoms with van der Waals surface area (Å²) < 4.78 is 51.5. The quantitative estimate of drug-likeness (QED) is 0.466. The van der Waals surface area contributed by atoms with Crippen molar-refractivity contribution in [3.05, 3.63) is 71.0 Å². The predicted octanol–water partition coefficient (Wildman–Crippen LogP) is 4.40. The third kappa shape index (κ3) is 4.05. The van der Waals surface area contributed by atoms with E-state index in [1.54, 1.807) is 6.07 Å². The predicted molar refractivity (Wildman–Crippen MR) is 70.2 cm³/mol. The lowest BCUT2D eigenvalue weighted by molar-refractivity contribution is -0.138. The first-order valence-corrected chi connectivity index (χ1v) is 6.03. The van der Waals surface area contributed by atoms with Crippen molar-refractivity contribution in [2.24, 2.45) is 5.16 Å². The zero-order valence-electron chi connectivity index (χ0n) is 10.8. The molecule has 0 bridgehead atoms. The highest BCUT2D eigenvalue weighted by Crippen LogP contribution is 2.32. The highest BCUT2D eigenvalue weighted by atomic mass is 19.4. The summed E-state index contributed by atoms with van der Waals surface area (Å²) in [5.74, 6) is -0.486. The molecule has 2 nitrogen and oxygen atoms in total. The van der Waals surface area contributed by atoms with Crippen LogP contribution in [0.15, 0.2) is 53.7 Å². The molecule has 0 radical (unpaired) electrons. The molecule has 21 heavy (non-hydrogen) atoms. The van der Waals surface area contributed by atoms with E-state index < -0.39 is 17.6 Å². The fourth-order valence-corrected chi connectivity index (χ4v) is 1.70. The Balaban J connectivity index is 2.03. The van der Waals surface area contributed by atoms with E-state index in [0.717, 1.165) is 12.3 Å². The lowest BCUT2D eigenvalue weighted by atomic mass is 10.1. The molecule has 6 heteroatoms. The van der Waals surface area contributed by atoms with Gasteiger partial charge in [0.2, 0.25) is 0 Å². The minimum Gasteiger partial charge on any atom is -0.391 e. The van der Waals surface area contributed by atoms with Crippen LogP contribution in [0.25, 0.3) is 0 Å². The lowest BCUT2D eigenvalue weighted by Crippen LogP contribution is -2.09. The van der Waals surface area contributed by atoms with Crippen molar-refractivity contribution < 1.29 is 22.4 Å². The number of benzene rings is 2. The van der Waals surface area contributed by atoms with Gasteiger partial charge in [0.05, 0.1) is 11.8 Å². The molecule has 0 fully saturated rings. The maximum absolute atomic E-state index is 13.3. The SMILES string of the molecule is Fc1ccccc1C=NOCc1ccccc1C(F)(F)F. The number of hydrogen-bond acceptors (Lipinski definition) is 2. The minimum absolute atomic E-state index is 0.0318. The van der Waals surface area contributed by atoms with Crippen LogP contribution in [-0.4, -0.2) is 6.21 Å². The molecule has 0 saturated heterocycles. The number of oxime groups is 1. The van der Waals surface area contributed by atoms with Gasteiger partial charge >= 0.3 is 6.18 Å². The van der Waals surface area contributed by atoms with Crippen LogP contribution in [0.1, 0.15) is 16.7 Å². The van der Waals surface area contributed by atoms with Crippen molar-refractivity contribution >= 4 is 6.21 Å². The third-order valence-electron chi connectivity index (χ3n) is 2.71. The molecule has 0 saturated carbocycles. The summed E-state index contributed by atoms with van der Waals surface area (Å²) in [6.07, 6.45) is -3.33. The van der Waals surface area contributed by atoms with Gasteiger partial charge in [-0.2, -0.15) is 13.2 Å². The van der Waals surface area contributed by atoms with E-state index in [-0.39, 0.29) is 17.7 Å². The minimum atomic E-state index is -4.45. The van der Waals surface area contributed by atoms with Gasteiger partial charge in [-0.3, -0.25) is 0 Å². The van der Waals surface area contributed by atoms with E-state index in [1.165, 1.54) is 36.4 Å². The van der Waals surface area contributed by atoms with Gasteiger partial charge in [0, 0.05) is 11.1 Å². The van der Waals surface area contributed by atoms with Crippen LogP contribution in [0.3, 0.4) is 0 Å². The third-order valence-corrected chi connectivity index (χ3v) is 2.71. The van der Waals surface area contributed by atoms with Gasteiger partial charge in [0.25, 0.3) is 0 Å². The van der Waals surface area contributed by atoms with Crippen molar-refractivity contribution in [3.63, 3.8) is 0 Å². The van der Waals surface area contributed by atoms with Crippen molar-refractivity contribution in [1.29, 1.82) is 0 Å². The molecular weight excluding hydrogens is 286 g/mol. The first-order chi connectivity index (χ1) is 9.98. The maximum atomic E-state index is 13.3. The van der Waals surface area contributed by atoms with Gasteiger partial charge in [-0.1, -0.05) is 41.6 Å². The van der Waals surface area contributed by atoms with Crippen LogP contribution in [-0.2, 0) is 17.6 Å². The van der Waals surface area contributed by atoms with E-state index in [4.69, 9.17) is 4.84 Å². The monoisotopic (exact) mass is 297 g/mol.